The molecule has 3 heteroatoms. The lowest BCUT2D eigenvalue weighted by molar-refractivity contribution is -0.130. The first-order valence-corrected chi connectivity index (χ1v) is 5.38. The molecule has 0 aliphatic rings. The van der Waals surface area contributed by atoms with E-state index in [4.69, 9.17) is 4.65 Å². The van der Waals surface area contributed by atoms with Crippen LogP contribution in [0.5, 0.6) is 0 Å². The molecule has 0 aromatic heterocycles. The maximum Gasteiger partial charge on any atom is 0.290 e. The molecule has 0 heterocycles. The highest BCUT2D eigenvalue weighted by Crippen LogP contribution is 2.17. The second kappa shape index (κ2) is 6.44. The van der Waals surface area contributed by atoms with Crippen molar-refractivity contribution in [3.05, 3.63) is 0 Å². The fourth-order valence-corrected chi connectivity index (χ4v) is 1.45. The third-order valence-electron chi connectivity index (χ3n) is 1.98. The Morgan fingerprint density at radius 1 is 1.23 bits per heavy atom. The van der Waals surface area contributed by atoms with E-state index >= 15 is 0 Å². The van der Waals surface area contributed by atoms with Crippen LogP contribution in [0.1, 0.15) is 46.0 Å². The number of unbranched alkanes of at least 4 members (excludes halogenated alkanes) is 3. The Kier molecular flexibility index (Phi) is 6.43. The van der Waals surface area contributed by atoms with E-state index in [0.717, 1.165) is 12.8 Å². The Labute approximate surface area is 82.8 Å². The summed E-state index contributed by atoms with van der Waals surface area (Å²) in [7, 11) is 0. The van der Waals surface area contributed by atoms with Gasteiger partial charge in [0.1, 0.15) is 5.79 Å². The van der Waals surface area contributed by atoms with Crippen molar-refractivity contribution < 1.29 is 9.76 Å². The average Bonchev–Trinajstić information content (AvgIpc) is 1.95. The fourth-order valence-electron chi connectivity index (χ4n) is 1.45. The molecule has 1 atom stereocenters. The lowest BCUT2D eigenvalue weighted by atomic mass is 9.74. The second-order valence-electron chi connectivity index (χ2n) is 4.15. The van der Waals surface area contributed by atoms with Crippen LogP contribution in [0.3, 0.4) is 0 Å². The Balaban J connectivity index is 3.50. The van der Waals surface area contributed by atoms with Crippen LogP contribution in [-0.2, 0) is 4.65 Å². The van der Waals surface area contributed by atoms with Gasteiger partial charge < -0.3 is 9.76 Å². The highest BCUT2D eigenvalue weighted by Gasteiger charge is 2.22. The predicted molar refractivity (Wildman–Crippen MR) is 57.9 cm³/mol. The maximum absolute atomic E-state index is 9.76. The summed E-state index contributed by atoms with van der Waals surface area (Å²) in [5.74, 6) is -0.929. The van der Waals surface area contributed by atoms with Crippen molar-refractivity contribution in [2.75, 3.05) is 0 Å². The van der Waals surface area contributed by atoms with Crippen molar-refractivity contribution in [2.24, 2.45) is 0 Å². The Morgan fingerprint density at radius 2 is 1.85 bits per heavy atom. The molecule has 1 N–H and O–H groups in total. The van der Waals surface area contributed by atoms with E-state index in [1.165, 1.54) is 19.3 Å². The number of aliphatic hydroxyl groups is 1. The molecule has 2 nitrogen and oxygen atoms in total. The number of hydrogen-bond donors (Lipinski definition) is 1. The molecule has 0 bridgehead atoms. The Hall–Kier alpha value is -0.0151. The van der Waals surface area contributed by atoms with Gasteiger partial charge >= 0.3 is 0 Å². The predicted octanol–water partition coefficient (Wildman–Crippen LogP) is 2.93. The van der Waals surface area contributed by atoms with Gasteiger partial charge in [0.05, 0.1) is 0 Å². The van der Waals surface area contributed by atoms with Crippen LogP contribution >= 0.6 is 0 Å². The van der Waals surface area contributed by atoms with Gasteiger partial charge in [0.25, 0.3) is 6.92 Å². The molecule has 0 amide bonds. The molecular weight excluding hydrogens is 163 g/mol. The SMILES string of the molecule is CCCCCCC(C)(O)OB(C)C. The zero-order valence-electron chi connectivity index (χ0n) is 9.47. The van der Waals surface area contributed by atoms with E-state index in [2.05, 4.69) is 6.92 Å². The molecule has 13 heavy (non-hydrogen) atoms. The van der Waals surface area contributed by atoms with E-state index in [-0.39, 0.29) is 6.92 Å². The second-order valence-corrected chi connectivity index (χ2v) is 4.15. The maximum atomic E-state index is 9.76. The van der Waals surface area contributed by atoms with E-state index < -0.39 is 5.79 Å². The fraction of sp³-hybridized carbons (Fsp3) is 1.00. The van der Waals surface area contributed by atoms with Crippen molar-refractivity contribution >= 4 is 6.92 Å². The first kappa shape index (κ1) is 13.0. The first-order valence-electron chi connectivity index (χ1n) is 5.38. The number of hydrogen-bond acceptors (Lipinski definition) is 2. The van der Waals surface area contributed by atoms with Crippen LogP contribution in [0.4, 0.5) is 0 Å². The van der Waals surface area contributed by atoms with E-state index in [9.17, 15) is 5.11 Å². The van der Waals surface area contributed by atoms with Crippen LogP contribution < -0.4 is 0 Å². The van der Waals surface area contributed by atoms with Gasteiger partial charge in [-0.25, -0.2) is 0 Å². The molecule has 78 valence electrons. The molecule has 0 spiro atoms. The van der Waals surface area contributed by atoms with Crippen LogP contribution in [0, 0.1) is 0 Å². The molecule has 1 unspecified atom stereocenters. The topological polar surface area (TPSA) is 29.5 Å². The van der Waals surface area contributed by atoms with E-state index in [1.807, 2.05) is 13.6 Å². The molecular formula is C10H23BO2. The standard InChI is InChI=1S/C10H23BO2/c1-5-6-7-8-9-10(2,12)13-11(3)4/h12H,5-9H2,1-4H3. The minimum Gasteiger partial charge on any atom is -0.411 e. The van der Waals surface area contributed by atoms with Gasteiger partial charge in [-0.3, -0.25) is 0 Å². The largest absolute Gasteiger partial charge is 0.411 e. The summed E-state index contributed by atoms with van der Waals surface area (Å²) in [6, 6.07) is 0. The summed E-state index contributed by atoms with van der Waals surface area (Å²) in [4.78, 5) is 0. The summed E-state index contributed by atoms with van der Waals surface area (Å²) in [5.41, 5.74) is 0. The molecule has 0 fully saturated rings. The molecule has 0 aromatic carbocycles. The van der Waals surface area contributed by atoms with Crippen molar-refractivity contribution in [3.8, 4) is 0 Å². The van der Waals surface area contributed by atoms with E-state index in [1.54, 1.807) is 6.92 Å². The lowest BCUT2D eigenvalue weighted by Crippen LogP contribution is -2.33. The molecule has 0 aromatic rings. The Morgan fingerprint density at radius 3 is 2.31 bits per heavy atom. The van der Waals surface area contributed by atoms with Gasteiger partial charge in [0, 0.05) is 0 Å². The van der Waals surface area contributed by atoms with Gasteiger partial charge in [0.2, 0.25) is 0 Å². The quantitative estimate of drug-likeness (QED) is 0.376. The summed E-state index contributed by atoms with van der Waals surface area (Å²) < 4.78 is 5.37. The van der Waals surface area contributed by atoms with Gasteiger partial charge in [-0.05, 0) is 19.8 Å². The minimum absolute atomic E-state index is 0.0983. The van der Waals surface area contributed by atoms with Crippen LogP contribution in [-0.4, -0.2) is 17.8 Å². The smallest absolute Gasteiger partial charge is 0.290 e. The number of rotatable bonds is 7. The van der Waals surface area contributed by atoms with Gasteiger partial charge in [0.15, 0.2) is 0 Å². The van der Waals surface area contributed by atoms with Crippen LogP contribution in [0.2, 0.25) is 13.6 Å². The molecule has 0 rings (SSSR count). The van der Waals surface area contributed by atoms with Crippen LogP contribution in [0.15, 0.2) is 0 Å². The van der Waals surface area contributed by atoms with Crippen molar-refractivity contribution in [2.45, 2.75) is 65.4 Å². The average molecular weight is 186 g/mol. The highest BCUT2D eigenvalue weighted by molar-refractivity contribution is 6.48. The molecule has 0 aliphatic heterocycles. The van der Waals surface area contributed by atoms with Crippen molar-refractivity contribution in [1.29, 1.82) is 0 Å². The van der Waals surface area contributed by atoms with Crippen molar-refractivity contribution in [3.63, 3.8) is 0 Å². The molecule has 0 saturated heterocycles. The molecule has 0 aliphatic carbocycles. The lowest BCUT2D eigenvalue weighted by Gasteiger charge is -2.25. The van der Waals surface area contributed by atoms with Gasteiger partial charge in [-0.2, -0.15) is 0 Å². The van der Waals surface area contributed by atoms with Gasteiger partial charge in [-0.1, -0.05) is 39.8 Å². The van der Waals surface area contributed by atoms with Crippen molar-refractivity contribution in [1.82, 2.24) is 0 Å². The zero-order chi connectivity index (χ0) is 10.3. The summed E-state index contributed by atoms with van der Waals surface area (Å²) >= 11 is 0. The summed E-state index contributed by atoms with van der Waals surface area (Å²) in [6.07, 6.45) is 5.46. The van der Waals surface area contributed by atoms with E-state index in [0.29, 0.717) is 0 Å². The summed E-state index contributed by atoms with van der Waals surface area (Å²) in [6.45, 7) is 7.92. The third-order valence-corrected chi connectivity index (χ3v) is 1.98. The third kappa shape index (κ3) is 8.32. The normalized spacial score (nSPS) is 15.5. The zero-order valence-corrected chi connectivity index (χ0v) is 9.47. The highest BCUT2D eigenvalue weighted by atomic mass is 16.6. The van der Waals surface area contributed by atoms with Gasteiger partial charge in [-0.15, -0.1) is 0 Å². The summed E-state index contributed by atoms with van der Waals surface area (Å²) in [5, 5.41) is 9.76. The Bertz CT molecular complexity index is 124. The molecule has 0 saturated carbocycles. The molecule has 0 radical (unpaired) electrons. The first-order chi connectivity index (χ1) is 5.98. The van der Waals surface area contributed by atoms with Crippen LogP contribution in [0.25, 0.3) is 0 Å². The minimum atomic E-state index is -0.929. The monoisotopic (exact) mass is 186 g/mol.